The number of hydrogen-bond donors (Lipinski definition) is 0. The third-order valence-electron chi connectivity index (χ3n) is 2.47. The van der Waals surface area contributed by atoms with Gasteiger partial charge in [-0.15, -0.1) is 11.3 Å². The maximum absolute atomic E-state index is 2.40. The summed E-state index contributed by atoms with van der Waals surface area (Å²) in [6, 6.07) is 2.26. The van der Waals surface area contributed by atoms with Crippen molar-refractivity contribution in [1.82, 2.24) is 4.90 Å². The molecule has 2 rings (SSSR count). The fraction of sp³-hybridized carbons (Fsp3) is 0.600. The zero-order chi connectivity index (χ0) is 8.77. The van der Waals surface area contributed by atoms with E-state index in [4.69, 9.17) is 0 Å². The zero-order valence-electron chi connectivity index (χ0n) is 7.92. The van der Waals surface area contributed by atoms with Crippen molar-refractivity contribution < 1.29 is 0 Å². The van der Waals surface area contributed by atoms with Gasteiger partial charge in [0.2, 0.25) is 0 Å². The second kappa shape index (κ2) is 2.57. The van der Waals surface area contributed by atoms with Crippen LogP contribution in [0.3, 0.4) is 0 Å². The molecule has 12 heavy (non-hydrogen) atoms. The average Bonchev–Trinajstić information content (AvgIpc) is 2.32. The number of thiophene rings is 1. The highest BCUT2D eigenvalue weighted by Crippen LogP contribution is 2.36. The molecule has 66 valence electrons. The first-order valence-electron chi connectivity index (χ1n) is 4.35. The molecule has 0 unspecified atom stereocenters. The van der Waals surface area contributed by atoms with Gasteiger partial charge in [-0.25, -0.2) is 0 Å². The SMILES string of the molecule is CN1Cc2ccsc2C(C)(C)C1. The Labute approximate surface area is 78.0 Å². The van der Waals surface area contributed by atoms with Gasteiger partial charge in [0, 0.05) is 23.4 Å². The Hall–Kier alpha value is -0.340. The van der Waals surface area contributed by atoms with Gasteiger partial charge >= 0.3 is 0 Å². The molecule has 0 spiro atoms. The van der Waals surface area contributed by atoms with Crippen LogP contribution in [0.15, 0.2) is 11.4 Å². The van der Waals surface area contributed by atoms with E-state index in [0.717, 1.165) is 6.54 Å². The highest BCUT2D eigenvalue weighted by Gasteiger charge is 2.30. The van der Waals surface area contributed by atoms with Gasteiger partial charge in [0.1, 0.15) is 0 Å². The smallest absolute Gasteiger partial charge is 0.0242 e. The summed E-state index contributed by atoms with van der Waals surface area (Å²) in [5.74, 6) is 0. The van der Waals surface area contributed by atoms with Crippen LogP contribution in [0.2, 0.25) is 0 Å². The Kier molecular flexibility index (Phi) is 1.77. The predicted octanol–water partition coefficient (Wildman–Crippen LogP) is 2.47. The maximum atomic E-state index is 2.40. The van der Waals surface area contributed by atoms with Crippen LogP contribution in [0.25, 0.3) is 0 Å². The van der Waals surface area contributed by atoms with Crippen LogP contribution >= 0.6 is 11.3 Å². The number of likely N-dealkylation sites (N-methyl/N-ethyl adjacent to an activating group) is 1. The monoisotopic (exact) mass is 181 g/mol. The first-order chi connectivity index (χ1) is 5.59. The summed E-state index contributed by atoms with van der Waals surface area (Å²) in [5, 5.41) is 2.21. The first-order valence-corrected chi connectivity index (χ1v) is 5.23. The van der Waals surface area contributed by atoms with Crippen molar-refractivity contribution in [1.29, 1.82) is 0 Å². The third kappa shape index (κ3) is 1.19. The van der Waals surface area contributed by atoms with Gasteiger partial charge in [-0.3, -0.25) is 0 Å². The Morgan fingerprint density at radius 2 is 2.25 bits per heavy atom. The van der Waals surface area contributed by atoms with E-state index in [-0.39, 0.29) is 0 Å². The Bertz CT molecular complexity index is 288. The first kappa shape index (κ1) is 8.27. The standard InChI is InChI=1S/C10H15NS/c1-10(2)7-11(3)6-8-4-5-12-9(8)10/h4-5H,6-7H2,1-3H3. The number of hydrogen-bond acceptors (Lipinski definition) is 2. The lowest BCUT2D eigenvalue weighted by molar-refractivity contribution is 0.240. The van der Waals surface area contributed by atoms with Gasteiger partial charge in [-0.2, -0.15) is 0 Å². The molecule has 0 aromatic carbocycles. The molecule has 0 atom stereocenters. The molecule has 1 nitrogen and oxygen atoms in total. The van der Waals surface area contributed by atoms with E-state index in [1.165, 1.54) is 12.1 Å². The molecule has 1 aliphatic rings. The second-order valence-electron chi connectivity index (χ2n) is 4.33. The lowest BCUT2D eigenvalue weighted by Gasteiger charge is -2.35. The van der Waals surface area contributed by atoms with Crippen molar-refractivity contribution >= 4 is 11.3 Å². The van der Waals surface area contributed by atoms with Gasteiger partial charge in [0.25, 0.3) is 0 Å². The van der Waals surface area contributed by atoms with Crippen LogP contribution in [0.5, 0.6) is 0 Å². The molecule has 0 amide bonds. The molecule has 1 aromatic rings. The van der Waals surface area contributed by atoms with E-state index >= 15 is 0 Å². The number of fused-ring (bicyclic) bond motifs is 1. The van der Waals surface area contributed by atoms with Crippen LogP contribution in [0.4, 0.5) is 0 Å². The zero-order valence-corrected chi connectivity index (χ0v) is 8.74. The lowest BCUT2D eigenvalue weighted by Crippen LogP contribution is -2.38. The average molecular weight is 181 g/mol. The Balaban J connectivity index is 2.45. The molecular weight excluding hydrogens is 166 g/mol. The van der Waals surface area contributed by atoms with Gasteiger partial charge < -0.3 is 4.90 Å². The van der Waals surface area contributed by atoms with Crippen molar-refractivity contribution in [2.45, 2.75) is 25.8 Å². The quantitative estimate of drug-likeness (QED) is 0.594. The Morgan fingerprint density at radius 3 is 3.00 bits per heavy atom. The van der Waals surface area contributed by atoms with E-state index < -0.39 is 0 Å². The van der Waals surface area contributed by atoms with E-state index in [9.17, 15) is 0 Å². The summed E-state index contributed by atoms with van der Waals surface area (Å²) in [5.41, 5.74) is 1.88. The minimum Gasteiger partial charge on any atom is -0.301 e. The molecule has 2 heterocycles. The van der Waals surface area contributed by atoms with Crippen LogP contribution in [0.1, 0.15) is 24.3 Å². The summed E-state index contributed by atoms with van der Waals surface area (Å²) in [6.07, 6.45) is 0. The lowest BCUT2D eigenvalue weighted by atomic mass is 9.85. The highest BCUT2D eigenvalue weighted by molar-refractivity contribution is 7.10. The van der Waals surface area contributed by atoms with E-state index in [1.54, 1.807) is 4.88 Å². The van der Waals surface area contributed by atoms with E-state index in [1.807, 2.05) is 11.3 Å². The fourth-order valence-electron chi connectivity index (χ4n) is 2.15. The van der Waals surface area contributed by atoms with Crippen molar-refractivity contribution in [3.05, 3.63) is 21.9 Å². The molecule has 0 radical (unpaired) electrons. The normalized spacial score (nSPS) is 22.2. The summed E-state index contributed by atoms with van der Waals surface area (Å²) in [6.45, 7) is 6.97. The van der Waals surface area contributed by atoms with Gasteiger partial charge in [0.05, 0.1) is 0 Å². The molecule has 0 bridgehead atoms. The summed E-state index contributed by atoms with van der Waals surface area (Å²) >= 11 is 1.91. The molecule has 0 saturated carbocycles. The summed E-state index contributed by atoms with van der Waals surface area (Å²) in [4.78, 5) is 3.98. The van der Waals surface area contributed by atoms with Crippen LogP contribution in [0, 0.1) is 0 Å². The summed E-state index contributed by atoms with van der Waals surface area (Å²) < 4.78 is 0. The highest BCUT2D eigenvalue weighted by atomic mass is 32.1. The topological polar surface area (TPSA) is 3.24 Å². The van der Waals surface area contributed by atoms with Gasteiger partial charge in [-0.05, 0) is 24.1 Å². The van der Waals surface area contributed by atoms with E-state index in [0.29, 0.717) is 5.41 Å². The molecule has 1 aliphatic heterocycles. The molecule has 0 saturated heterocycles. The van der Waals surface area contributed by atoms with Gasteiger partial charge in [-0.1, -0.05) is 13.8 Å². The van der Waals surface area contributed by atoms with E-state index in [2.05, 4.69) is 37.2 Å². The number of rotatable bonds is 0. The second-order valence-corrected chi connectivity index (χ2v) is 5.25. The van der Waals surface area contributed by atoms with Crippen molar-refractivity contribution in [3.8, 4) is 0 Å². The maximum Gasteiger partial charge on any atom is 0.0242 e. The molecule has 2 heteroatoms. The molecule has 0 N–H and O–H groups in total. The minimum absolute atomic E-state index is 0.358. The molecular formula is C10H15NS. The molecule has 1 aromatic heterocycles. The minimum atomic E-state index is 0.358. The summed E-state index contributed by atoms with van der Waals surface area (Å²) in [7, 11) is 2.20. The largest absolute Gasteiger partial charge is 0.301 e. The molecule has 0 aliphatic carbocycles. The van der Waals surface area contributed by atoms with Crippen LogP contribution in [-0.2, 0) is 12.0 Å². The predicted molar refractivity (Wildman–Crippen MR) is 53.7 cm³/mol. The van der Waals surface area contributed by atoms with Crippen molar-refractivity contribution in [3.63, 3.8) is 0 Å². The third-order valence-corrected chi connectivity index (χ3v) is 3.79. The van der Waals surface area contributed by atoms with Crippen molar-refractivity contribution in [2.24, 2.45) is 0 Å². The Morgan fingerprint density at radius 1 is 1.50 bits per heavy atom. The number of nitrogens with zero attached hydrogens (tertiary/aromatic N) is 1. The fourth-order valence-corrected chi connectivity index (χ4v) is 3.18. The van der Waals surface area contributed by atoms with Crippen LogP contribution in [-0.4, -0.2) is 18.5 Å². The molecule has 0 fully saturated rings. The van der Waals surface area contributed by atoms with Crippen molar-refractivity contribution in [2.75, 3.05) is 13.6 Å². The van der Waals surface area contributed by atoms with Crippen LogP contribution < -0.4 is 0 Å². The van der Waals surface area contributed by atoms with Gasteiger partial charge in [0.15, 0.2) is 0 Å².